The second kappa shape index (κ2) is 9.25. The van der Waals surface area contributed by atoms with Crippen molar-refractivity contribution < 1.29 is 14.2 Å². The van der Waals surface area contributed by atoms with Crippen LogP contribution >= 0.6 is 0 Å². The Bertz CT molecular complexity index is 920. The highest BCUT2D eigenvalue weighted by Gasteiger charge is 2.08. The first-order valence-corrected chi connectivity index (χ1v) is 8.60. The van der Waals surface area contributed by atoms with Crippen LogP contribution in [0.15, 0.2) is 66.9 Å². The number of ether oxygens (including phenoxy) is 3. The van der Waals surface area contributed by atoms with E-state index in [2.05, 4.69) is 4.98 Å². The van der Waals surface area contributed by atoms with Gasteiger partial charge in [-0.2, -0.15) is 5.26 Å². The maximum Gasteiger partial charge on any atom is 0.174 e. The summed E-state index contributed by atoms with van der Waals surface area (Å²) in [5.74, 6) is 2.10. The van der Waals surface area contributed by atoms with Crippen molar-refractivity contribution in [3.05, 3.63) is 83.7 Å². The Morgan fingerprint density at radius 1 is 0.889 bits per heavy atom. The molecule has 27 heavy (non-hydrogen) atoms. The van der Waals surface area contributed by atoms with E-state index in [0.29, 0.717) is 30.5 Å². The van der Waals surface area contributed by atoms with Crippen LogP contribution in [-0.2, 0) is 13.2 Å². The molecule has 5 nitrogen and oxygen atoms in total. The molecule has 0 atom stereocenters. The molecule has 0 amide bonds. The molecule has 1 heterocycles. The van der Waals surface area contributed by atoms with Gasteiger partial charge in [0.15, 0.2) is 6.61 Å². The second-order valence-electron chi connectivity index (χ2n) is 5.88. The molecular weight excluding hydrogens is 340 g/mol. The van der Waals surface area contributed by atoms with Gasteiger partial charge in [-0.1, -0.05) is 30.3 Å². The number of rotatable bonds is 8. The predicted octanol–water partition coefficient (Wildman–Crippen LogP) is 4.45. The number of aryl methyl sites for hydroxylation is 1. The molecule has 5 heteroatoms. The van der Waals surface area contributed by atoms with Gasteiger partial charge in [0.05, 0.1) is 5.69 Å². The lowest BCUT2D eigenvalue weighted by atomic mass is 10.1. The minimum atomic E-state index is 0.00863. The first-order chi connectivity index (χ1) is 13.3. The fourth-order valence-corrected chi connectivity index (χ4v) is 2.59. The van der Waals surface area contributed by atoms with Gasteiger partial charge in [0.2, 0.25) is 0 Å². The molecule has 2 aromatic carbocycles. The van der Waals surface area contributed by atoms with Crippen LogP contribution in [-0.4, -0.2) is 11.6 Å². The van der Waals surface area contributed by atoms with Crippen molar-refractivity contribution in [2.75, 3.05) is 6.61 Å². The zero-order chi connectivity index (χ0) is 18.9. The number of para-hydroxylation sites is 1. The van der Waals surface area contributed by atoms with Gasteiger partial charge in [-0.15, -0.1) is 0 Å². The van der Waals surface area contributed by atoms with Crippen molar-refractivity contribution in [3.63, 3.8) is 0 Å². The van der Waals surface area contributed by atoms with Gasteiger partial charge in [0, 0.05) is 17.8 Å². The lowest BCUT2D eigenvalue weighted by Gasteiger charge is -2.14. The van der Waals surface area contributed by atoms with Gasteiger partial charge >= 0.3 is 0 Å². The molecule has 0 unspecified atom stereocenters. The van der Waals surface area contributed by atoms with Gasteiger partial charge < -0.3 is 14.2 Å². The number of pyridine rings is 1. The van der Waals surface area contributed by atoms with Gasteiger partial charge in [-0.25, -0.2) is 0 Å². The lowest BCUT2D eigenvalue weighted by Crippen LogP contribution is -2.03. The van der Waals surface area contributed by atoms with Crippen LogP contribution in [0.2, 0.25) is 0 Å². The number of nitrogens with zero attached hydrogens (tertiary/aromatic N) is 2. The van der Waals surface area contributed by atoms with E-state index in [1.54, 1.807) is 6.20 Å². The first-order valence-electron chi connectivity index (χ1n) is 8.60. The SMILES string of the molecule is Cc1cccc(COc2cccc(OCc3ccccn3)c2)c1OCC#N. The van der Waals surface area contributed by atoms with Crippen LogP contribution < -0.4 is 14.2 Å². The molecule has 0 radical (unpaired) electrons. The molecule has 0 aliphatic heterocycles. The Balaban J connectivity index is 1.63. The Morgan fingerprint density at radius 3 is 2.41 bits per heavy atom. The zero-order valence-electron chi connectivity index (χ0n) is 15.1. The van der Waals surface area contributed by atoms with E-state index in [4.69, 9.17) is 19.5 Å². The van der Waals surface area contributed by atoms with E-state index in [1.807, 2.05) is 73.7 Å². The number of nitriles is 1. The Morgan fingerprint density at radius 2 is 1.67 bits per heavy atom. The van der Waals surface area contributed by atoms with E-state index in [9.17, 15) is 0 Å². The molecule has 0 N–H and O–H groups in total. The maximum atomic E-state index is 8.76. The van der Waals surface area contributed by atoms with E-state index < -0.39 is 0 Å². The average molecular weight is 360 g/mol. The minimum absolute atomic E-state index is 0.00863. The molecule has 3 aromatic rings. The van der Waals surface area contributed by atoms with Crippen molar-refractivity contribution >= 4 is 0 Å². The van der Waals surface area contributed by atoms with Crippen molar-refractivity contribution in [2.45, 2.75) is 20.1 Å². The molecule has 0 aliphatic rings. The largest absolute Gasteiger partial charge is 0.489 e. The first kappa shape index (κ1) is 18.3. The van der Waals surface area contributed by atoms with E-state index >= 15 is 0 Å². The highest BCUT2D eigenvalue weighted by molar-refractivity contribution is 5.41. The molecule has 0 saturated carbocycles. The summed E-state index contributed by atoms with van der Waals surface area (Å²) in [5, 5.41) is 8.76. The summed E-state index contributed by atoms with van der Waals surface area (Å²) in [4.78, 5) is 4.24. The quantitative estimate of drug-likeness (QED) is 0.594. The third-order valence-electron chi connectivity index (χ3n) is 3.89. The molecular formula is C22H20N2O3. The standard InChI is InChI=1S/C22H20N2O3/c1-17-6-4-7-18(22(17)25-13-11-23)15-26-20-9-5-10-21(14-20)27-16-19-8-2-3-12-24-19/h2-10,12,14H,13,15-16H2,1H3. The van der Waals surface area contributed by atoms with E-state index in [1.165, 1.54) is 0 Å². The van der Waals surface area contributed by atoms with Crippen LogP contribution in [0.1, 0.15) is 16.8 Å². The summed E-state index contributed by atoms with van der Waals surface area (Å²) >= 11 is 0. The monoisotopic (exact) mass is 360 g/mol. The summed E-state index contributed by atoms with van der Waals surface area (Å²) in [7, 11) is 0. The van der Waals surface area contributed by atoms with Gasteiger partial charge in [0.25, 0.3) is 0 Å². The van der Waals surface area contributed by atoms with Crippen LogP contribution in [0.25, 0.3) is 0 Å². The van der Waals surface area contributed by atoms with E-state index in [0.717, 1.165) is 16.8 Å². The molecule has 3 rings (SSSR count). The Hall–Kier alpha value is -3.52. The Kier molecular flexibility index (Phi) is 6.26. The third kappa shape index (κ3) is 5.23. The van der Waals surface area contributed by atoms with Crippen molar-refractivity contribution in [1.29, 1.82) is 5.26 Å². The summed E-state index contributed by atoms with van der Waals surface area (Å²) < 4.78 is 17.2. The number of benzene rings is 2. The molecule has 0 spiro atoms. The minimum Gasteiger partial charge on any atom is -0.489 e. The lowest BCUT2D eigenvalue weighted by molar-refractivity contribution is 0.281. The van der Waals surface area contributed by atoms with Gasteiger partial charge in [-0.3, -0.25) is 4.98 Å². The highest BCUT2D eigenvalue weighted by atomic mass is 16.5. The number of hydrogen-bond donors (Lipinski definition) is 0. The predicted molar refractivity (Wildman–Crippen MR) is 102 cm³/mol. The van der Waals surface area contributed by atoms with Gasteiger partial charge in [-0.05, 0) is 36.8 Å². The topological polar surface area (TPSA) is 64.4 Å². The van der Waals surface area contributed by atoms with Crippen molar-refractivity contribution in [1.82, 2.24) is 4.98 Å². The van der Waals surface area contributed by atoms with Crippen molar-refractivity contribution in [3.8, 4) is 23.3 Å². The van der Waals surface area contributed by atoms with E-state index in [-0.39, 0.29) is 6.61 Å². The fraction of sp³-hybridized carbons (Fsp3) is 0.182. The van der Waals surface area contributed by atoms with Crippen molar-refractivity contribution in [2.24, 2.45) is 0 Å². The molecule has 0 bridgehead atoms. The zero-order valence-corrected chi connectivity index (χ0v) is 15.1. The fourth-order valence-electron chi connectivity index (χ4n) is 2.59. The summed E-state index contributed by atoms with van der Waals surface area (Å²) in [6.07, 6.45) is 1.74. The molecule has 0 saturated heterocycles. The summed E-state index contributed by atoms with van der Waals surface area (Å²) in [5.41, 5.74) is 2.73. The van der Waals surface area contributed by atoms with Gasteiger partial charge in [0.1, 0.15) is 36.5 Å². The normalized spacial score (nSPS) is 10.1. The third-order valence-corrected chi connectivity index (χ3v) is 3.89. The van der Waals surface area contributed by atoms with Crippen LogP contribution in [0.4, 0.5) is 0 Å². The summed E-state index contributed by atoms with van der Waals surface area (Å²) in [6.45, 7) is 2.69. The summed E-state index contributed by atoms with van der Waals surface area (Å²) in [6, 6.07) is 21.0. The van der Waals surface area contributed by atoms with Crippen LogP contribution in [0, 0.1) is 18.3 Å². The Labute approximate surface area is 158 Å². The molecule has 0 aliphatic carbocycles. The number of aromatic nitrogens is 1. The highest BCUT2D eigenvalue weighted by Crippen LogP contribution is 2.26. The molecule has 1 aromatic heterocycles. The second-order valence-corrected chi connectivity index (χ2v) is 5.88. The van der Waals surface area contributed by atoms with Crippen LogP contribution in [0.3, 0.4) is 0 Å². The van der Waals surface area contributed by atoms with Crippen LogP contribution in [0.5, 0.6) is 17.2 Å². The molecule has 0 fully saturated rings. The number of hydrogen-bond acceptors (Lipinski definition) is 5. The molecule has 136 valence electrons. The maximum absolute atomic E-state index is 8.76. The average Bonchev–Trinajstić information content (AvgIpc) is 2.71. The smallest absolute Gasteiger partial charge is 0.174 e.